The lowest BCUT2D eigenvalue weighted by atomic mass is 9.88. The number of benzene rings is 3. The quantitative estimate of drug-likeness (QED) is 0.265. The van der Waals surface area contributed by atoms with Gasteiger partial charge in [0.05, 0.1) is 11.7 Å². The first-order valence-corrected chi connectivity index (χ1v) is 14.1. The Morgan fingerprint density at radius 1 is 1.00 bits per heavy atom. The number of hydrogen-bond acceptors (Lipinski definition) is 5. The second-order valence-electron chi connectivity index (χ2n) is 10.1. The highest BCUT2D eigenvalue weighted by molar-refractivity contribution is 7.80. The molecule has 210 valence electrons. The molecule has 3 aromatic rings. The van der Waals surface area contributed by atoms with Crippen molar-refractivity contribution in [1.29, 1.82) is 0 Å². The molecule has 5 rings (SSSR count). The molecule has 0 aliphatic carbocycles. The third-order valence-corrected chi connectivity index (χ3v) is 7.69. The van der Waals surface area contributed by atoms with Gasteiger partial charge in [-0.25, -0.2) is 13.2 Å². The van der Waals surface area contributed by atoms with Gasteiger partial charge in [-0.2, -0.15) is 12.6 Å². The average molecular weight is 568 g/mol. The third kappa shape index (κ3) is 6.71. The molecule has 2 aliphatic heterocycles. The van der Waals surface area contributed by atoms with Crippen molar-refractivity contribution >= 4 is 29.8 Å². The number of thiol groups is 1. The maximum Gasteiger partial charge on any atom is 0.225 e. The molecule has 0 radical (unpaired) electrons. The van der Waals surface area contributed by atoms with Gasteiger partial charge in [-0.05, 0) is 65.6 Å². The summed E-state index contributed by atoms with van der Waals surface area (Å²) in [6.07, 6.45) is 4.15. The second-order valence-corrected chi connectivity index (χ2v) is 10.6. The van der Waals surface area contributed by atoms with Crippen LogP contribution in [-0.2, 0) is 4.79 Å². The zero-order valence-electron chi connectivity index (χ0n) is 21.9. The van der Waals surface area contributed by atoms with Gasteiger partial charge in [0.2, 0.25) is 5.91 Å². The van der Waals surface area contributed by atoms with Gasteiger partial charge >= 0.3 is 0 Å². The first-order chi connectivity index (χ1) is 19.4. The fourth-order valence-electron chi connectivity index (χ4n) is 5.40. The van der Waals surface area contributed by atoms with Crippen LogP contribution in [0, 0.1) is 17.5 Å². The van der Waals surface area contributed by atoms with Gasteiger partial charge in [0.25, 0.3) is 0 Å². The Balaban J connectivity index is 1.36. The van der Waals surface area contributed by atoms with E-state index in [1.165, 1.54) is 36.4 Å². The van der Waals surface area contributed by atoms with E-state index in [-0.39, 0.29) is 18.4 Å². The molecule has 0 aromatic heterocycles. The molecule has 2 aliphatic rings. The molecular weight excluding hydrogens is 535 g/mol. The Morgan fingerprint density at radius 3 is 2.52 bits per heavy atom. The minimum atomic E-state index is -0.744. The van der Waals surface area contributed by atoms with Crippen LogP contribution < -0.4 is 20.7 Å². The fraction of sp³-hybridized carbons (Fsp3) is 0.323. The standard InChI is InChI=1S/C31H32F3N3O2S/c32-21-8-6-19(7-9-21)27(20-13-22(33)15-23(34)14-20)16-30(38)37-28-5-1-4-26-25-10-11-35-24(3-2-12-40)17-36-29(25)18-39-31(26)28/h1,4-10,13-15,24,27,29,35-36,40H,2-3,11-12,16-18H2,(H,37,38)/b25-10+. The highest BCUT2D eigenvalue weighted by atomic mass is 32.1. The predicted molar refractivity (Wildman–Crippen MR) is 154 cm³/mol. The molecule has 3 atom stereocenters. The molecule has 0 fully saturated rings. The van der Waals surface area contributed by atoms with Gasteiger partial charge < -0.3 is 20.7 Å². The third-order valence-electron chi connectivity index (χ3n) is 7.37. The van der Waals surface area contributed by atoms with E-state index in [1.807, 2.05) is 12.1 Å². The minimum Gasteiger partial charge on any atom is -0.489 e. The normalized spacial score (nSPS) is 20.6. The van der Waals surface area contributed by atoms with E-state index >= 15 is 0 Å². The Labute approximate surface area is 237 Å². The first kappa shape index (κ1) is 28.3. The number of carbonyl (C=O) groups is 1. The van der Waals surface area contributed by atoms with Crippen LogP contribution >= 0.6 is 12.6 Å². The first-order valence-electron chi connectivity index (χ1n) is 13.5. The molecule has 0 saturated heterocycles. The lowest BCUT2D eigenvalue weighted by molar-refractivity contribution is -0.116. The number of halogens is 3. The van der Waals surface area contributed by atoms with E-state index in [2.05, 4.69) is 34.7 Å². The molecule has 5 nitrogen and oxygen atoms in total. The smallest absolute Gasteiger partial charge is 0.225 e. The number of rotatable bonds is 8. The second kappa shape index (κ2) is 12.9. The Morgan fingerprint density at radius 2 is 1.77 bits per heavy atom. The number of fused-ring (bicyclic) bond motifs is 3. The van der Waals surface area contributed by atoms with Crippen LogP contribution in [0.5, 0.6) is 5.75 Å². The molecule has 1 amide bonds. The largest absolute Gasteiger partial charge is 0.489 e. The minimum absolute atomic E-state index is 0.0322. The molecule has 40 heavy (non-hydrogen) atoms. The summed E-state index contributed by atoms with van der Waals surface area (Å²) in [6, 6.07) is 14.8. The number of hydrogen-bond donors (Lipinski definition) is 4. The van der Waals surface area contributed by atoms with E-state index in [9.17, 15) is 18.0 Å². The number of para-hydroxylation sites is 1. The number of carbonyl (C=O) groups excluding carboxylic acids is 1. The van der Waals surface area contributed by atoms with E-state index in [1.54, 1.807) is 6.07 Å². The zero-order chi connectivity index (χ0) is 28.1. The predicted octanol–water partition coefficient (Wildman–Crippen LogP) is 5.68. The highest BCUT2D eigenvalue weighted by Crippen LogP contribution is 2.39. The van der Waals surface area contributed by atoms with Gasteiger partial charge in [-0.1, -0.05) is 30.3 Å². The van der Waals surface area contributed by atoms with Crippen molar-refractivity contribution < 1.29 is 22.7 Å². The Bertz CT molecular complexity index is 1360. The Kier molecular flexibility index (Phi) is 9.14. The van der Waals surface area contributed by atoms with Crippen LogP contribution in [-0.4, -0.2) is 43.4 Å². The molecule has 0 spiro atoms. The maximum absolute atomic E-state index is 14.1. The fourth-order valence-corrected chi connectivity index (χ4v) is 5.59. The van der Waals surface area contributed by atoms with Gasteiger partial charge in [0, 0.05) is 43.1 Å². The number of ether oxygens (including phenoxy) is 1. The molecule has 0 bridgehead atoms. The molecule has 3 unspecified atom stereocenters. The summed E-state index contributed by atoms with van der Waals surface area (Å²) < 4.78 is 47.9. The van der Waals surface area contributed by atoms with Crippen molar-refractivity contribution in [2.75, 3.05) is 30.8 Å². The topological polar surface area (TPSA) is 62.4 Å². The van der Waals surface area contributed by atoms with Crippen molar-refractivity contribution in [2.45, 2.75) is 37.3 Å². The summed E-state index contributed by atoms with van der Waals surface area (Å²) in [5.74, 6) is -1.53. The van der Waals surface area contributed by atoms with Crippen molar-refractivity contribution in [3.63, 3.8) is 0 Å². The zero-order valence-corrected chi connectivity index (χ0v) is 22.8. The molecule has 0 saturated carbocycles. The Hall–Kier alpha value is -3.27. The van der Waals surface area contributed by atoms with Gasteiger partial charge in [0.15, 0.2) is 0 Å². The SMILES string of the molecule is O=C(CC(c1ccc(F)cc1)c1cc(F)cc(F)c1)Nc1cccc2c1OCC1NCC(CCCS)NC/C=C\21. The van der Waals surface area contributed by atoms with Crippen LogP contribution in [0.1, 0.15) is 41.9 Å². The van der Waals surface area contributed by atoms with E-state index in [4.69, 9.17) is 4.74 Å². The summed E-state index contributed by atoms with van der Waals surface area (Å²) in [6.45, 7) is 1.96. The average Bonchev–Trinajstić information content (AvgIpc) is 2.92. The van der Waals surface area contributed by atoms with E-state index in [0.29, 0.717) is 35.2 Å². The summed E-state index contributed by atoms with van der Waals surface area (Å²) in [7, 11) is 0. The maximum atomic E-state index is 14.1. The molecule has 9 heteroatoms. The van der Waals surface area contributed by atoms with Crippen LogP contribution in [0.4, 0.5) is 18.9 Å². The molecule has 3 N–H and O–H groups in total. The van der Waals surface area contributed by atoms with Crippen LogP contribution in [0.15, 0.2) is 66.7 Å². The van der Waals surface area contributed by atoms with Crippen molar-refractivity contribution in [2.24, 2.45) is 0 Å². The van der Waals surface area contributed by atoms with Crippen LogP contribution in [0.2, 0.25) is 0 Å². The number of amides is 1. The monoisotopic (exact) mass is 567 g/mol. The highest BCUT2D eigenvalue weighted by Gasteiger charge is 2.29. The molecular formula is C31H32F3N3O2S. The van der Waals surface area contributed by atoms with Gasteiger partial charge in [-0.3, -0.25) is 4.79 Å². The lowest BCUT2D eigenvalue weighted by Crippen LogP contribution is -2.48. The van der Waals surface area contributed by atoms with Gasteiger partial charge in [-0.15, -0.1) is 0 Å². The van der Waals surface area contributed by atoms with Crippen molar-refractivity contribution in [3.05, 3.63) is 101 Å². The van der Waals surface area contributed by atoms with E-state index < -0.39 is 23.4 Å². The summed E-state index contributed by atoms with van der Waals surface area (Å²) in [4.78, 5) is 13.3. The number of nitrogens with one attached hydrogen (secondary N) is 3. The number of anilines is 1. The molecule has 3 aromatic carbocycles. The summed E-state index contributed by atoms with van der Waals surface area (Å²) in [5, 5.41) is 10.1. The summed E-state index contributed by atoms with van der Waals surface area (Å²) >= 11 is 4.32. The van der Waals surface area contributed by atoms with Crippen LogP contribution in [0.3, 0.4) is 0 Å². The molecule has 2 heterocycles. The summed E-state index contributed by atoms with van der Waals surface area (Å²) in [5.41, 5.74) is 3.39. The van der Waals surface area contributed by atoms with E-state index in [0.717, 1.165) is 48.9 Å². The van der Waals surface area contributed by atoms with Crippen molar-refractivity contribution in [1.82, 2.24) is 10.6 Å². The lowest BCUT2D eigenvalue weighted by Gasteiger charge is -2.33. The van der Waals surface area contributed by atoms with Gasteiger partial charge in [0.1, 0.15) is 29.8 Å². The van der Waals surface area contributed by atoms with Crippen LogP contribution in [0.25, 0.3) is 5.57 Å². The van der Waals surface area contributed by atoms with Crippen molar-refractivity contribution in [3.8, 4) is 5.75 Å².